The summed E-state index contributed by atoms with van der Waals surface area (Å²) in [6.07, 6.45) is 52.6. The number of carbonyl (C=O) groups excluding carboxylic acids is 2. The summed E-state index contributed by atoms with van der Waals surface area (Å²) in [7, 11) is 1.16. The van der Waals surface area contributed by atoms with Gasteiger partial charge in [0.05, 0.1) is 27.7 Å². The molecule has 2 atom stereocenters. The molecular weight excluding hydrogens is 786 g/mol. The van der Waals surface area contributed by atoms with Gasteiger partial charge in [-0.25, -0.2) is 0 Å². The van der Waals surface area contributed by atoms with Gasteiger partial charge in [0.2, 0.25) is 0 Å². The number of carbonyl (C=O) groups is 2. The summed E-state index contributed by atoms with van der Waals surface area (Å²) in [6.45, 7) is 4.10. The zero-order valence-corrected chi connectivity index (χ0v) is 40.7. The van der Waals surface area contributed by atoms with Crippen LogP contribution in [-0.4, -0.2) is 70.0 Å². The van der Waals surface area contributed by atoms with Gasteiger partial charge in [0.25, 0.3) is 7.82 Å². The first-order valence-corrected chi connectivity index (χ1v) is 26.0. The van der Waals surface area contributed by atoms with Gasteiger partial charge in [0.1, 0.15) is 19.8 Å². The van der Waals surface area contributed by atoms with Crippen molar-refractivity contribution >= 4 is 19.8 Å². The zero-order valence-electron chi connectivity index (χ0n) is 39.8. The number of phosphoric ester groups is 1. The minimum atomic E-state index is -4.63. The Morgan fingerprint density at radius 1 is 0.525 bits per heavy atom. The Labute approximate surface area is 375 Å². The van der Waals surface area contributed by atoms with Gasteiger partial charge < -0.3 is 27.9 Å². The second kappa shape index (κ2) is 43.0. The quantitative estimate of drug-likeness (QED) is 0.0196. The van der Waals surface area contributed by atoms with Crippen LogP contribution in [0.2, 0.25) is 0 Å². The molecule has 0 heterocycles. The molecule has 0 aromatic rings. The zero-order chi connectivity index (χ0) is 45.0. The number of esters is 2. The molecule has 0 saturated heterocycles. The number of nitrogens with zero attached hydrogens (tertiary/aromatic N) is 1. The summed E-state index contributed by atoms with van der Waals surface area (Å²) in [5.74, 6) is -0.838. The van der Waals surface area contributed by atoms with Crippen molar-refractivity contribution in [3.05, 3.63) is 60.8 Å². The third kappa shape index (κ3) is 47.0. The number of hydrogen-bond acceptors (Lipinski definition) is 8. The summed E-state index contributed by atoms with van der Waals surface area (Å²) < 4.78 is 33.9. The number of unbranched alkanes of at least 4 members (excludes halogenated alkanes) is 20. The van der Waals surface area contributed by atoms with E-state index in [9.17, 15) is 19.0 Å². The molecule has 0 N–H and O–H groups in total. The molecule has 0 amide bonds. The van der Waals surface area contributed by atoms with Crippen molar-refractivity contribution in [3.63, 3.8) is 0 Å². The van der Waals surface area contributed by atoms with Gasteiger partial charge in [-0.05, 0) is 57.8 Å². The van der Waals surface area contributed by atoms with Crippen molar-refractivity contribution in [2.24, 2.45) is 0 Å². The number of rotatable bonds is 44. The normalized spacial score (nSPS) is 14.0. The third-order valence-corrected chi connectivity index (χ3v) is 11.3. The van der Waals surface area contributed by atoms with Crippen LogP contribution in [0.1, 0.15) is 200 Å². The molecule has 9 nitrogen and oxygen atoms in total. The molecule has 0 aliphatic carbocycles. The van der Waals surface area contributed by atoms with E-state index in [1.807, 2.05) is 21.1 Å². The fourth-order valence-electron chi connectivity index (χ4n) is 6.51. The van der Waals surface area contributed by atoms with E-state index in [1.165, 1.54) is 89.9 Å². The molecule has 0 fully saturated rings. The maximum atomic E-state index is 12.7. The van der Waals surface area contributed by atoms with E-state index >= 15 is 0 Å². The van der Waals surface area contributed by atoms with E-state index in [-0.39, 0.29) is 32.0 Å². The van der Waals surface area contributed by atoms with Crippen LogP contribution in [0, 0.1) is 0 Å². The fourth-order valence-corrected chi connectivity index (χ4v) is 7.23. The topological polar surface area (TPSA) is 111 Å². The van der Waals surface area contributed by atoms with Gasteiger partial charge in [-0.1, -0.05) is 190 Å². The third-order valence-electron chi connectivity index (χ3n) is 10.3. The second-order valence-electron chi connectivity index (χ2n) is 17.5. The summed E-state index contributed by atoms with van der Waals surface area (Å²) in [5, 5.41) is 0. The first-order chi connectivity index (χ1) is 29.5. The predicted octanol–water partition coefficient (Wildman–Crippen LogP) is 13.8. The maximum Gasteiger partial charge on any atom is 0.306 e. The molecule has 2 unspecified atom stereocenters. The van der Waals surface area contributed by atoms with Crippen LogP contribution in [-0.2, 0) is 32.7 Å². The number of quaternary nitrogens is 1. The van der Waals surface area contributed by atoms with Crippen LogP contribution in [0.25, 0.3) is 0 Å². The lowest BCUT2D eigenvalue weighted by molar-refractivity contribution is -0.870. The molecule has 0 spiro atoms. The molecule has 10 heteroatoms. The molecule has 0 aliphatic heterocycles. The van der Waals surface area contributed by atoms with Gasteiger partial charge in [0, 0.05) is 12.8 Å². The first kappa shape index (κ1) is 58.7. The molecule has 354 valence electrons. The fraction of sp³-hybridized carbons (Fsp3) is 0.765. The predicted molar refractivity (Wildman–Crippen MR) is 254 cm³/mol. The second-order valence-corrected chi connectivity index (χ2v) is 18.9. The van der Waals surface area contributed by atoms with Crippen molar-refractivity contribution in [2.45, 2.75) is 206 Å². The van der Waals surface area contributed by atoms with E-state index in [4.69, 9.17) is 18.5 Å². The highest BCUT2D eigenvalue weighted by atomic mass is 31.2. The highest BCUT2D eigenvalue weighted by Crippen LogP contribution is 2.38. The van der Waals surface area contributed by atoms with Crippen LogP contribution in [0.3, 0.4) is 0 Å². The van der Waals surface area contributed by atoms with E-state index in [1.54, 1.807) is 0 Å². The first-order valence-electron chi connectivity index (χ1n) is 24.5. The number of phosphoric acid groups is 1. The van der Waals surface area contributed by atoms with Gasteiger partial charge >= 0.3 is 11.9 Å². The van der Waals surface area contributed by atoms with Gasteiger partial charge in [-0.15, -0.1) is 0 Å². The Kier molecular flexibility index (Phi) is 41.4. The average molecular weight is 878 g/mol. The smallest absolute Gasteiger partial charge is 0.306 e. The Morgan fingerprint density at radius 2 is 0.934 bits per heavy atom. The van der Waals surface area contributed by atoms with Crippen molar-refractivity contribution in [3.8, 4) is 0 Å². The molecule has 61 heavy (non-hydrogen) atoms. The average Bonchev–Trinajstić information content (AvgIpc) is 3.21. The van der Waals surface area contributed by atoms with Crippen molar-refractivity contribution in [2.75, 3.05) is 47.5 Å². The molecule has 0 aliphatic rings. The van der Waals surface area contributed by atoms with Crippen molar-refractivity contribution in [1.29, 1.82) is 0 Å². The number of ether oxygens (including phenoxy) is 2. The van der Waals surface area contributed by atoms with Gasteiger partial charge in [0.15, 0.2) is 6.10 Å². The lowest BCUT2D eigenvalue weighted by atomic mass is 10.0. The van der Waals surface area contributed by atoms with Crippen LogP contribution in [0.15, 0.2) is 60.8 Å². The van der Waals surface area contributed by atoms with E-state index in [0.29, 0.717) is 17.4 Å². The standard InChI is InChI=1S/C51H92NO8P/c1-6-8-10-12-14-16-18-19-20-21-22-23-24-25-26-27-28-29-30-31-32-33-34-36-38-40-42-44-51(54)60-49(48-59-61(55,56)58-46-45-52(3,4)5)47-57-50(53)43-41-39-37-35-17-15-13-11-9-7-2/h8,10,14,16,19-20,22-23,25-26,49H,6-7,9,11-13,15,17-18,21,24,27-48H2,1-5H3/b10-8-,16-14-,20-19-,23-22-,26-25-. The lowest BCUT2D eigenvalue weighted by Crippen LogP contribution is -2.37. The molecule has 0 aromatic heterocycles. The highest BCUT2D eigenvalue weighted by molar-refractivity contribution is 7.45. The van der Waals surface area contributed by atoms with Crippen molar-refractivity contribution < 1.29 is 42.1 Å². The van der Waals surface area contributed by atoms with Gasteiger partial charge in [-0.2, -0.15) is 0 Å². The number of likely N-dealkylation sites (N-methyl/N-ethyl adjacent to an activating group) is 1. The molecule has 0 bridgehead atoms. The van der Waals surface area contributed by atoms with Crippen LogP contribution < -0.4 is 4.89 Å². The van der Waals surface area contributed by atoms with Crippen LogP contribution >= 0.6 is 7.82 Å². The number of hydrogen-bond donors (Lipinski definition) is 0. The number of allylic oxidation sites excluding steroid dienone is 10. The molecule has 0 aromatic carbocycles. The van der Waals surface area contributed by atoms with Crippen LogP contribution in [0.5, 0.6) is 0 Å². The lowest BCUT2D eigenvalue weighted by Gasteiger charge is -2.28. The molecule has 0 rings (SSSR count). The highest BCUT2D eigenvalue weighted by Gasteiger charge is 2.21. The minimum absolute atomic E-state index is 0.0322. The summed E-state index contributed by atoms with van der Waals surface area (Å²) in [5.41, 5.74) is 0. The Hall–Kier alpha value is -2.29. The SMILES string of the molecule is CC/C=C\C/C=C\C/C=C\C/C=C\C/C=C\CCCCCCCCCCCCCC(=O)OC(COC(=O)CCCCCCCCCCCC)COP(=O)([O-])OCC[N+](C)(C)C. The molecular formula is C51H92NO8P. The Morgan fingerprint density at radius 3 is 1.39 bits per heavy atom. The van der Waals surface area contributed by atoms with E-state index in [2.05, 4.69) is 74.6 Å². The molecule has 0 radical (unpaired) electrons. The van der Waals surface area contributed by atoms with Gasteiger partial charge in [-0.3, -0.25) is 14.2 Å². The minimum Gasteiger partial charge on any atom is -0.756 e. The van der Waals surface area contributed by atoms with Crippen LogP contribution in [0.4, 0.5) is 0 Å². The van der Waals surface area contributed by atoms with Crippen molar-refractivity contribution in [1.82, 2.24) is 0 Å². The summed E-state index contributed by atoms with van der Waals surface area (Å²) >= 11 is 0. The molecule has 0 saturated carbocycles. The maximum absolute atomic E-state index is 12.7. The largest absolute Gasteiger partial charge is 0.756 e. The van der Waals surface area contributed by atoms with E-state index in [0.717, 1.165) is 77.0 Å². The monoisotopic (exact) mass is 878 g/mol. The summed E-state index contributed by atoms with van der Waals surface area (Å²) in [6, 6.07) is 0. The van der Waals surface area contributed by atoms with E-state index < -0.39 is 26.5 Å². The Bertz CT molecular complexity index is 1220. The Balaban J connectivity index is 4.16. The summed E-state index contributed by atoms with van der Waals surface area (Å²) in [4.78, 5) is 37.5.